The van der Waals surface area contributed by atoms with Gasteiger partial charge in [0.2, 0.25) is 7.09 Å². The van der Waals surface area contributed by atoms with Crippen molar-refractivity contribution in [2.45, 2.75) is 115 Å². The molecule has 0 amide bonds. The second-order valence-electron chi connectivity index (χ2n) is 10.1. The summed E-state index contributed by atoms with van der Waals surface area (Å²) in [5.74, 6) is 0.257. The van der Waals surface area contributed by atoms with Gasteiger partial charge in [-0.15, -0.1) is 0 Å². The van der Waals surface area contributed by atoms with Gasteiger partial charge >= 0.3 is 5.97 Å². The second kappa shape index (κ2) is 11.7. The lowest BCUT2D eigenvalue weighted by atomic mass is 9.72. The number of carboxylic acid groups (broad SMARTS) is 1. The lowest BCUT2D eigenvalue weighted by Crippen LogP contribution is -2.55. The third-order valence-corrected chi connectivity index (χ3v) is 7.63. The molecule has 3 fully saturated rings. The zero-order valence-corrected chi connectivity index (χ0v) is 20.2. The Kier molecular flexibility index (Phi) is 9.03. The van der Waals surface area contributed by atoms with Gasteiger partial charge in [0.15, 0.2) is 5.79 Å². The Balaban J connectivity index is 1.56. The molecule has 2 unspecified atom stereocenters. The molecule has 178 valence electrons. The molecule has 0 radical (unpaired) electrons. The van der Waals surface area contributed by atoms with Gasteiger partial charge in [-0.05, 0) is 51.7 Å². The number of carboxylic acids is 1. The van der Waals surface area contributed by atoms with Crippen molar-refractivity contribution < 1.29 is 28.3 Å². The van der Waals surface area contributed by atoms with Crippen LogP contribution in [0.4, 0.5) is 0 Å². The molecule has 3 rings (SSSR count). The average Bonchev–Trinajstić information content (AvgIpc) is 2.71. The van der Waals surface area contributed by atoms with Crippen LogP contribution in [0.5, 0.6) is 0 Å². The number of hydrogen-bond donors (Lipinski definition) is 1. The van der Waals surface area contributed by atoms with E-state index in [4.69, 9.17) is 19.7 Å². The molecule has 2 heterocycles. The van der Waals surface area contributed by atoms with Crippen molar-refractivity contribution in [1.82, 2.24) is 0 Å². The van der Waals surface area contributed by atoms with Crippen LogP contribution in [-0.4, -0.2) is 56.3 Å². The molecule has 6 nitrogen and oxygen atoms in total. The monoisotopic (exact) mass is 458 g/mol. The van der Waals surface area contributed by atoms with E-state index in [9.17, 15) is 9.90 Å². The van der Waals surface area contributed by atoms with E-state index in [-0.39, 0.29) is 31.8 Å². The minimum Gasteiger partial charge on any atom is -0.481 e. The SMILES string of the molecule is [3H]BSO[C@@H](CC(=O)O)C[C@@H]1CCC[C@H](C[C@@H]2CCOC3(C[C@H](C)CCC3C(C)C)O2)O1. The maximum absolute atomic E-state index is 11.2. The normalized spacial score (nSPS) is 38.1. The van der Waals surface area contributed by atoms with Crippen LogP contribution in [0.15, 0.2) is 0 Å². The molecule has 1 aliphatic carbocycles. The highest BCUT2D eigenvalue weighted by atomic mass is 32.2. The molecule has 1 N–H and O–H groups in total. The van der Waals surface area contributed by atoms with Crippen molar-refractivity contribution in [3.63, 3.8) is 0 Å². The van der Waals surface area contributed by atoms with Crippen LogP contribution < -0.4 is 0 Å². The maximum Gasteiger partial charge on any atom is 0.306 e. The predicted molar refractivity (Wildman–Crippen MR) is 125 cm³/mol. The average molecular weight is 458 g/mol. The lowest BCUT2D eigenvalue weighted by Gasteiger charge is -2.51. The largest absolute Gasteiger partial charge is 0.481 e. The minimum atomic E-state index is -0.879. The Labute approximate surface area is 194 Å². The van der Waals surface area contributed by atoms with Crippen molar-refractivity contribution in [2.24, 2.45) is 17.8 Å². The van der Waals surface area contributed by atoms with E-state index < -0.39 is 17.9 Å². The Bertz CT molecular complexity index is 599. The molecule has 8 heteroatoms. The van der Waals surface area contributed by atoms with E-state index >= 15 is 0 Å². The first-order valence-corrected chi connectivity index (χ1v) is 13.0. The number of aliphatic carboxylic acids is 1. The van der Waals surface area contributed by atoms with Crippen LogP contribution in [0.1, 0.15) is 85.0 Å². The first-order chi connectivity index (χ1) is 15.3. The van der Waals surface area contributed by atoms with E-state index in [0.29, 0.717) is 24.2 Å². The van der Waals surface area contributed by atoms with Gasteiger partial charge in [0.05, 0.1) is 37.4 Å². The number of rotatable bonds is 10. The highest BCUT2D eigenvalue weighted by Crippen LogP contribution is 2.47. The first kappa shape index (κ1) is 23.9. The summed E-state index contributed by atoms with van der Waals surface area (Å²) in [5, 5.41) is 9.18. The molecular formula is C23H41BO6S. The highest BCUT2D eigenvalue weighted by molar-refractivity contribution is 8.15. The van der Waals surface area contributed by atoms with Gasteiger partial charge < -0.3 is 23.5 Å². The van der Waals surface area contributed by atoms with Crippen LogP contribution >= 0.6 is 11.9 Å². The summed E-state index contributed by atoms with van der Waals surface area (Å²) in [4.78, 5) is 11.2. The summed E-state index contributed by atoms with van der Waals surface area (Å²) in [5.41, 5.74) is 0. The standard InChI is InChI=1S/C23H41BO6S/c1-15(2)21-8-7-16(3)14-23(21)27-10-9-19(29-23)11-17-5-4-6-18(28-17)12-20(30-31-24)13-22(25)26/h15-21H,4-14,24H2,1-3H3,(H,25,26)/t16-,17-,18+,19+,20-,21?,23?/m1/s1/i24T. The van der Waals surface area contributed by atoms with E-state index in [2.05, 4.69) is 20.8 Å². The molecular weight excluding hydrogens is 415 g/mol. The summed E-state index contributed by atoms with van der Waals surface area (Å²) in [6.45, 7) is 7.61. The van der Waals surface area contributed by atoms with Crippen molar-refractivity contribution in [3.8, 4) is 0 Å². The van der Waals surface area contributed by atoms with Crippen LogP contribution in [0.25, 0.3) is 0 Å². The Morgan fingerprint density at radius 2 is 2.06 bits per heavy atom. The maximum atomic E-state index is 11.2. The first-order valence-electron chi connectivity index (χ1n) is 12.8. The fourth-order valence-corrected chi connectivity index (χ4v) is 6.17. The Morgan fingerprint density at radius 3 is 2.81 bits per heavy atom. The van der Waals surface area contributed by atoms with Gasteiger partial charge in [0.1, 0.15) is 0 Å². The zero-order valence-electron chi connectivity index (χ0n) is 20.4. The molecule has 3 aliphatic rings. The van der Waals surface area contributed by atoms with Crippen molar-refractivity contribution in [1.29, 1.82) is 1.34 Å². The topological polar surface area (TPSA) is 74.2 Å². The molecule has 0 bridgehead atoms. The summed E-state index contributed by atoms with van der Waals surface area (Å²) in [6, 6.07) is 0. The predicted octanol–water partition coefficient (Wildman–Crippen LogP) is 4.35. The fraction of sp³-hybridized carbons (Fsp3) is 0.957. The van der Waals surface area contributed by atoms with Gasteiger partial charge in [0.25, 0.3) is 0 Å². The molecule has 7 atom stereocenters. The summed E-state index contributed by atoms with van der Waals surface area (Å²) < 4.78 is 32.3. The van der Waals surface area contributed by atoms with Gasteiger partial charge in [-0.2, -0.15) is 0 Å². The van der Waals surface area contributed by atoms with E-state index in [1.165, 1.54) is 6.42 Å². The smallest absolute Gasteiger partial charge is 0.306 e. The number of ether oxygens (including phenoxy) is 3. The van der Waals surface area contributed by atoms with Gasteiger partial charge in [-0.25, -0.2) is 0 Å². The van der Waals surface area contributed by atoms with E-state index in [0.717, 1.165) is 63.4 Å². The van der Waals surface area contributed by atoms with E-state index in [1.54, 1.807) is 0 Å². The van der Waals surface area contributed by atoms with Crippen LogP contribution in [0, 0.1) is 17.8 Å². The van der Waals surface area contributed by atoms with Crippen LogP contribution in [0.2, 0.25) is 0 Å². The molecule has 1 saturated carbocycles. The second-order valence-corrected chi connectivity index (χ2v) is 10.6. The van der Waals surface area contributed by atoms with Gasteiger partial charge in [-0.1, -0.05) is 39.1 Å². The highest BCUT2D eigenvalue weighted by Gasteiger charge is 2.50. The van der Waals surface area contributed by atoms with Crippen LogP contribution in [-0.2, 0) is 23.2 Å². The number of carbonyl (C=O) groups is 1. The summed E-state index contributed by atoms with van der Waals surface area (Å²) in [6.07, 6.45) is 8.49. The van der Waals surface area contributed by atoms with Crippen molar-refractivity contribution in [3.05, 3.63) is 0 Å². The number of hydrogen-bond acceptors (Lipinski definition) is 6. The molecule has 0 aromatic carbocycles. The van der Waals surface area contributed by atoms with E-state index in [1.807, 2.05) is 0 Å². The molecule has 0 aromatic rings. The molecule has 1 spiro atoms. The van der Waals surface area contributed by atoms with Crippen LogP contribution in [0.3, 0.4) is 0 Å². The van der Waals surface area contributed by atoms with Crippen molar-refractivity contribution >= 4 is 25.0 Å². The Morgan fingerprint density at radius 1 is 1.26 bits per heavy atom. The minimum absolute atomic E-state index is 0.00338. The van der Waals surface area contributed by atoms with Gasteiger partial charge in [0, 0.05) is 18.8 Å². The molecule has 31 heavy (non-hydrogen) atoms. The zero-order chi connectivity index (χ0) is 23.1. The molecule has 0 aromatic heterocycles. The third-order valence-electron chi connectivity index (χ3n) is 7.22. The summed E-state index contributed by atoms with van der Waals surface area (Å²) >= 11 is 1.00. The molecule has 2 aliphatic heterocycles. The summed E-state index contributed by atoms with van der Waals surface area (Å²) in [7, 11) is 0.0586. The lowest BCUT2D eigenvalue weighted by molar-refractivity contribution is -0.342. The van der Waals surface area contributed by atoms with Gasteiger partial charge in [-0.3, -0.25) is 4.79 Å². The quantitative estimate of drug-likeness (QED) is 0.385. The third kappa shape index (κ3) is 7.10. The fourth-order valence-electron chi connectivity index (χ4n) is 5.83. The van der Waals surface area contributed by atoms with Crippen molar-refractivity contribution in [2.75, 3.05) is 6.61 Å². The Hall–Kier alpha value is -0.275. The molecule has 2 saturated heterocycles.